The highest BCUT2D eigenvalue weighted by molar-refractivity contribution is 7.17. The third kappa shape index (κ3) is 3.69. The number of ether oxygens (including phenoxy) is 1. The Hall–Kier alpha value is -1.51. The average Bonchev–Trinajstić information content (AvgIpc) is 2.76. The van der Waals surface area contributed by atoms with Crippen LogP contribution in [0.3, 0.4) is 0 Å². The van der Waals surface area contributed by atoms with E-state index in [-0.39, 0.29) is 17.5 Å². The van der Waals surface area contributed by atoms with Crippen LogP contribution in [0.1, 0.15) is 24.8 Å². The van der Waals surface area contributed by atoms with Crippen molar-refractivity contribution >= 4 is 9.24 Å². The number of benzene rings is 1. The van der Waals surface area contributed by atoms with Crippen LogP contribution in [0.5, 0.6) is 0 Å². The Labute approximate surface area is 171 Å². The lowest BCUT2D eigenvalue weighted by atomic mass is 9.67. The largest absolute Gasteiger partial charge is 0.367 e. The molecule has 0 spiro atoms. The van der Waals surface area contributed by atoms with Crippen LogP contribution in [0, 0.1) is 5.92 Å². The molecule has 0 amide bonds. The molecule has 1 heterocycles. The molecule has 3 aliphatic rings. The first-order valence-corrected chi connectivity index (χ1v) is 11.0. The van der Waals surface area contributed by atoms with Gasteiger partial charge in [0.15, 0.2) is 0 Å². The number of morpholine rings is 1. The van der Waals surface area contributed by atoms with Gasteiger partial charge in [0.1, 0.15) is 0 Å². The Balaban J connectivity index is 1.89. The monoisotopic (exact) mass is 394 g/mol. The van der Waals surface area contributed by atoms with Crippen LogP contribution in [0.2, 0.25) is 0 Å². The van der Waals surface area contributed by atoms with Crippen molar-refractivity contribution in [2.45, 2.75) is 36.8 Å². The van der Waals surface area contributed by atoms with Crippen molar-refractivity contribution in [2.24, 2.45) is 11.7 Å². The Morgan fingerprint density at radius 1 is 1.11 bits per heavy atom. The van der Waals surface area contributed by atoms with Gasteiger partial charge in [0.2, 0.25) is 0 Å². The van der Waals surface area contributed by atoms with Gasteiger partial charge in [-0.25, -0.2) is 0 Å². The smallest absolute Gasteiger partial charge is 0.0840 e. The number of nitrogens with two attached hydrogens (primary N) is 1. The van der Waals surface area contributed by atoms with E-state index in [4.69, 9.17) is 10.5 Å². The molecule has 0 bridgehead atoms. The summed E-state index contributed by atoms with van der Waals surface area (Å²) >= 11 is 0. The second-order valence-corrected chi connectivity index (χ2v) is 8.61. The highest BCUT2D eigenvalue weighted by Crippen LogP contribution is 2.48. The molecule has 4 unspecified atom stereocenters. The predicted octanol–water partition coefficient (Wildman–Crippen LogP) is 4.15. The highest BCUT2D eigenvalue weighted by Gasteiger charge is 2.48. The van der Waals surface area contributed by atoms with E-state index < -0.39 is 0 Å². The van der Waals surface area contributed by atoms with Crippen LogP contribution in [-0.2, 0) is 10.3 Å². The first-order chi connectivity index (χ1) is 13.7. The van der Waals surface area contributed by atoms with Crippen molar-refractivity contribution < 1.29 is 4.74 Å². The van der Waals surface area contributed by atoms with Gasteiger partial charge in [-0.3, -0.25) is 4.90 Å². The van der Waals surface area contributed by atoms with Crippen molar-refractivity contribution in [3.63, 3.8) is 0 Å². The molecule has 2 aliphatic carbocycles. The number of nitrogens with zero attached hydrogens (tertiary/aromatic N) is 1. The summed E-state index contributed by atoms with van der Waals surface area (Å²) in [6.07, 6.45) is 19.5. The molecule has 5 atom stereocenters. The average molecular weight is 394 g/mol. The van der Waals surface area contributed by atoms with Crippen molar-refractivity contribution in [3.8, 4) is 0 Å². The third-order valence-corrected chi connectivity index (χ3v) is 6.49. The molecule has 1 aromatic rings. The Bertz CT molecular complexity index is 785. The van der Waals surface area contributed by atoms with Gasteiger partial charge in [-0.2, -0.15) is 0 Å². The maximum Gasteiger partial charge on any atom is 0.0840 e. The molecule has 1 aromatic carbocycles. The molecule has 1 saturated heterocycles. The van der Waals surface area contributed by atoms with E-state index in [1.165, 1.54) is 11.1 Å². The lowest BCUT2D eigenvalue weighted by molar-refractivity contribution is -0.0825. The summed E-state index contributed by atoms with van der Waals surface area (Å²) in [6.45, 7) is 2.26. The van der Waals surface area contributed by atoms with Crippen LogP contribution >= 0.6 is 9.24 Å². The summed E-state index contributed by atoms with van der Waals surface area (Å²) in [6, 6.07) is 11.0. The van der Waals surface area contributed by atoms with Crippen LogP contribution in [0.15, 0.2) is 78.4 Å². The fraction of sp³-hybridized carbons (Fsp3) is 0.417. The van der Waals surface area contributed by atoms with Gasteiger partial charge >= 0.3 is 0 Å². The first-order valence-electron chi connectivity index (χ1n) is 10.4. The highest BCUT2D eigenvalue weighted by atomic mass is 31.0. The van der Waals surface area contributed by atoms with Gasteiger partial charge in [-0.05, 0) is 30.4 Å². The van der Waals surface area contributed by atoms with Crippen molar-refractivity contribution in [1.29, 1.82) is 0 Å². The van der Waals surface area contributed by atoms with Gasteiger partial charge in [-0.15, -0.1) is 9.24 Å². The number of allylic oxidation sites excluding steroid dienone is 5. The molecular weight excluding hydrogens is 363 g/mol. The zero-order valence-electron chi connectivity index (χ0n) is 16.4. The first kappa shape index (κ1) is 19.8. The normalized spacial score (nSPS) is 30.1. The zero-order chi connectivity index (χ0) is 19.4. The van der Waals surface area contributed by atoms with E-state index >= 15 is 0 Å². The van der Waals surface area contributed by atoms with Crippen LogP contribution in [-0.4, -0.2) is 36.5 Å². The van der Waals surface area contributed by atoms with Crippen LogP contribution < -0.4 is 5.73 Å². The minimum absolute atomic E-state index is 0.0515. The standard InChI is InChI=1S/C24H31N2OP/c25-16-22-17-26(18-23(28)27-22)24(19-10-4-1-5-11-19,20-12-6-2-7-13-20)21-14-8-3-9-15-21/h1-2,4-8,10-12,14-15,20,22-23H,3,9,13,16-18,25,28H2/t20-,22?,23?,24?/m0/s1. The van der Waals surface area contributed by atoms with Gasteiger partial charge in [-0.1, -0.05) is 72.9 Å². The molecule has 4 rings (SSSR count). The fourth-order valence-electron chi connectivity index (χ4n) is 4.96. The molecule has 148 valence electrons. The second kappa shape index (κ2) is 8.88. The molecule has 2 N–H and O–H groups in total. The number of hydrogen-bond acceptors (Lipinski definition) is 3. The summed E-state index contributed by atoms with van der Waals surface area (Å²) in [4.78, 5) is 2.64. The van der Waals surface area contributed by atoms with E-state index in [9.17, 15) is 0 Å². The van der Waals surface area contributed by atoms with Crippen molar-refractivity contribution in [2.75, 3.05) is 19.6 Å². The summed E-state index contributed by atoms with van der Waals surface area (Å²) in [7, 11) is 2.87. The van der Waals surface area contributed by atoms with E-state index in [1.54, 1.807) is 0 Å². The maximum absolute atomic E-state index is 6.10. The minimum atomic E-state index is -0.217. The Morgan fingerprint density at radius 3 is 2.64 bits per heavy atom. The quantitative estimate of drug-likeness (QED) is 0.763. The third-order valence-electron chi connectivity index (χ3n) is 6.12. The molecule has 1 fully saturated rings. The van der Waals surface area contributed by atoms with E-state index in [0.717, 1.165) is 32.4 Å². The molecule has 0 aromatic heterocycles. The van der Waals surface area contributed by atoms with Crippen LogP contribution in [0.4, 0.5) is 0 Å². The van der Waals surface area contributed by atoms with E-state index in [0.29, 0.717) is 12.5 Å². The van der Waals surface area contributed by atoms with E-state index in [2.05, 4.69) is 87.0 Å². The predicted molar refractivity (Wildman–Crippen MR) is 120 cm³/mol. The van der Waals surface area contributed by atoms with Gasteiger partial charge in [0.25, 0.3) is 0 Å². The Morgan fingerprint density at radius 2 is 1.96 bits per heavy atom. The van der Waals surface area contributed by atoms with Gasteiger partial charge < -0.3 is 10.5 Å². The SMILES string of the molecule is NCC1CN(C(C2=CCCC=C2)(c2ccccc2)[C@H]2C=CC=CC2)CC(P)O1. The molecule has 4 heteroatoms. The lowest BCUT2D eigenvalue weighted by Gasteiger charge is -2.53. The van der Waals surface area contributed by atoms with Gasteiger partial charge in [0.05, 0.1) is 17.5 Å². The fourth-order valence-corrected chi connectivity index (χ4v) is 5.44. The van der Waals surface area contributed by atoms with Crippen molar-refractivity contribution in [3.05, 3.63) is 84.0 Å². The Kier molecular flexibility index (Phi) is 6.28. The zero-order valence-corrected chi connectivity index (χ0v) is 17.6. The topological polar surface area (TPSA) is 38.5 Å². The minimum Gasteiger partial charge on any atom is -0.367 e. The molecule has 28 heavy (non-hydrogen) atoms. The van der Waals surface area contributed by atoms with Crippen LogP contribution in [0.25, 0.3) is 0 Å². The molecule has 1 aliphatic heterocycles. The lowest BCUT2D eigenvalue weighted by Crippen LogP contribution is -2.60. The molecule has 3 nitrogen and oxygen atoms in total. The summed E-state index contributed by atoms with van der Waals surface area (Å²) < 4.78 is 6.10. The number of rotatable bonds is 5. The maximum atomic E-state index is 6.10. The second-order valence-electron chi connectivity index (χ2n) is 7.86. The van der Waals surface area contributed by atoms with Gasteiger partial charge in [0, 0.05) is 25.6 Å². The summed E-state index contributed by atoms with van der Waals surface area (Å²) in [5, 5.41) is 0. The molecular formula is C24H31N2OP. The molecule has 0 radical (unpaired) electrons. The van der Waals surface area contributed by atoms with Crippen molar-refractivity contribution in [1.82, 2.24) is 4.90 Å². The summed E-state index contributed by atoms with van der Waals surface area (Å²) in [5.41, 5.74) is 8.60. The summed E-state index contributed by atoms with van der Waals surface area (Å²) in [5.74, 6) is 0.448. The molecule has 0 saturated carbocycles. The number of hydrogen-bond donors (Lipinski definition) is 1. The van der Waals surface area contributed by atoms with E-state index in [1.807, 2.05) is 0 Å².